The molecule has 0 amide bonds. The summed E-state index contributed by atoms with van der Waals surface area (Å²) in [6.45, 7) is 3.78. The third kappa shape index (κ3) is 3.00. The fourth-order valence-corrected chi connectivity index (χ4v) is 4.62. The lowest BCUT2D eigenvalue weighted by molar-refractivity contribution is -0.0405. The molecule has 1 saturated heterocycles. The van der Waals surface area contributed by atoms with E-state index in [-0.39, 0.29) is 12.7 Å². The lowest BCUT2D eigenvalue weighted by Crippen LogP contribution is -2.42. The van der Waals surface area contributed by atoms with Crippen molar-refractivity contribution in [2.75, 3.05) is 26.3 Å². The van der Waals surface area contributed by atoms with Gasteiger partial charge in [-0.25, -0.2) is 0 Å². The predicted molar refractivity (Wildman–Crippen MR) is 96.1 cm³/mol. The molecule has 0 radical (unpaired) electrons. The van der Waals surface area contributed by atoms with Gasteiger partial charge in [0.25, 0.3) is 0 Å². The number of aliphatic hydroxyl groups is 1. The summed E-state index contributed by atoms with van der Waals surface area (Å²) >= 11 is 1.89. The smallest absolute Gasteiger partial charge is 0.0724 e. The van der Waals surface area contributed by atoms with Gasteiger partial charge < -0.3 is 9.84 Å². The van der Waals surface area contributed by atoms with Gasteiger partial charge in [0.05, 0.1) is 12.7 Å². The van der Waals surface area contributed by atoms with Crippen LogP contribution >= 0.6 is 11.3 Å². The molecule has 4 rings (SSSR count). The van der Waals surface area contributed by atoms with E-state index in [1.807, 2.05) is 11.3 Å². The summed E-state index contributed by atoms with van der Waals surface area (Å²) in [5.41, 5.74) is 1.40. The standard InChI is InChI=1S/C19H21NO2S/c21-10-8-15-13-20(9-11-22-15)12-14-4-3-6-17-16-5-1-2-7-18(16)23-19(14)17/h1-7,15,21H,8-13H2/t15-/m0/s1. The number of thiophene rings is 1. The fraction of sp³-hybridized carbons (Fsp3) is 0.368. The zero-order valence-electron chi connectivity index (χ0n) is 13.1. The summed E-state index contributed by atoms with van der Waals surface area (Å²) in [4.78, 5) is 2.45. The number of benzene rings is 2. The van der Waals surface area contributed by atoms with E-state index < -0.39 is 0 Å². The molecule has 4 heteroatoms. The van der Waals surface area contributed by atoms with Crippen LogP contribution in [0.5, 0.6) is 0 Å². The Labute approximate surface area is 140 Å². The van der Waals surface area contributed by atoms with Gasteiger partial charge in [0.15, 0.2) is 0 Å². The molecular formula is C19H21NO2S. The lowest BCUT2D eigenvalue weighted by atomic mass is 10.1. The Morgan fingerprint density at radius 3 is 2.91 bits per heavy atom. The highest BCUT2D eigenvalue weighted by atomic mass is 32.1. The van der Waals surface area contributed by atoms with Gasteiger partial charge in [-0.05, 0) is 18.1 Å². The topological polar surface area (TPSA) is 32.7 Å². The van der Waals surface area contributed by atoms with Gasteiger partial charge in [0.2, 0.25) is 0 Å². The molecule has 0 unspecified atom stereocenters. The molecule has 2 heterocycles. The van der Waals surface area contributed by atoms with E-state index in [2.05, 4.69) is 47.4 Å². The Hall–Kier alpha value is -1.46. The first-order valence-electron chi connectivity index (χ1n) is 8.19. The van der Waals surface area contributed by atoms with Crippen LogP contribution < -0.4 is 0 Å². The summed E-state index contributed by atoms with van der Waals surface area (Å²) in [6.07, 6.45) is 0.888. The van der Waals surface area contributed by atoms with E-state index in [1.165, 1.54) is 25.7 Å². The normalized spacial score (nSPS) is 19.6. The van der Waals surface area contributed by atoms with Crippen LogP contribution in [-0.4, -0.2) is 42.4 Å². The Morgan fingerprint density at radius 2 is 2.00 bits per heavy atom. The number of morpholine rings is 1. The monoisotopic (exact) mass is 327 g/mol. The minimum absolute atomic E-state index is 0.162. The zero-order chi connectivity index (χ0) is 15.6. The summed E-state index contributed by atoms with van der Waals surface area (Å²) < 4.78 is 8.48. The molecule has 1 aromatic heterocycles. The molecule has 2 aromatic carbocycles. The summed E-state index contributed by atoms with van der Waals surface area (Å²) in [6, 6.07) is 15.3. The number of hydrogen-bond acceptors (Lipinski definition) is 4. The molecule has 0 aliphatic carbocycles. The fourth-order valence-electron chi connectivity index (χ4n) is 3.41. The molecule has 0 bridgehead atoms. The number of rotatable bonds is 4. The predicted octanol–water partition coefficient (Wildman–Crippen LogP) is 3.64. The van der Waals surface area contributed by atoms with Crippen LogP contribution in [0.2, 0.25) is 0 Å². The van der Waals surface area contributed by atoms with Crippen LogP contribution in [0.4, 0.5) is 0 Å². The Morgan fingerprint density at radius 1 is 1.13 bits per heavy atom. The van der Waals surface area contributed by atoms with Gasteiger partial charge in [0.1, 0.15) is 0 Å². The van der Waals surface area contributed by atoms with Crippen molar-refractivity contribution >= 4 is 31.5 Å². The number of nitrogens with zero attached hydrogens (tertiary/aromatic N) is 1. The largest absolute Gasteiger partial charge is 0.396 e. The molecule has 1 N–H and O–H groups in total. The maximum Gasteiger partial charge on any atom is 0.0724 e. The van der Waals surface area contributed by atoms with E-state index in [0.29, 0.717) is 0 Å². The van der Waals surface area contributed by atoms with Crippen molar-refractivity contribution in [3.05, 3.63) is 48.0 Å². The molecular weight excluding hydrogens is 306 g/mol. The van der Waals surface area contributed by atoms with Crippen molar-refractivity contribution in [2.45, 2.75) is 19.1 Å². The van der Waals surface area contributed by atoms with Crippen molar-refractivity contribution in [1.82, 2.24) is 4.90 Å². The molecule has 3 aromatic rings. The summed E-state index contributed by atoms with van der Waals surface area (Å²) in [7, 11) is 0. The van der Waals surface area contributed by atoms with Crippen molar-refractivity contribution < 1.29 is 9.84 Å². The Balaban J connectivity index is 1.64. The highest BCUT2D eigenvalue weighted by Gasteiger charge is 2.21. The molecule has 23 heavy (non-hydrogen) atoms. The van der Waals surface area contributed by atoms with Crippen molar-refractivity contribution in [3.8, 4) is 0 Å². The SMILES string of the molecule is OCC[C@H]1CN(Cc2cccc3c2sc2ccccc23)CCO1. The maximum atomic E-state index is 9.12. The first-order valence-corrected chi connectivity index (χ1v) is 9.01. The average molecular weight is 327 g/mol. The minimum Gasteiger partial charge on any atom is -0.396 e. The van der Waals surface area contributed by atoms with Gasteiger partial charge in [-0.15, -0.1) is 11.3 Å². The summed E-state index contributed by atoms with van der Waals surface area (Å²) in [5, 5.41) is 11.8. The molecule has 0 saturated carbocycles. The highest BCUT2D eigenvalue weighted by Crippen LogP contribution is 2.36. The van der Waals surface area contributed by atoms with E-state index in [4.69, 9.17) is 9.84 Å². The van der Waals surface area contributed by atoms with Gasteiger partial charge in [-0.1, -0.05) is 36.4 Å². The second-order valence-corrected chi connectivity index (χ2v) is 7.18. The van der Waals surface area contributed by atoms with E-state index in [1.54, 1.807) is 0 Å². The summed E-state index contributed by atoms with van der Waals surface area (Å²) in [5.74, 6) is 0. The van der Waals surface area contributed by atoms with Gasteiger partial charge in [0, 0.05) is 46.4 Å². The molecule has 1 atom stereocenters. The Kier molecular flexibility index (Phi) is 4.31. The van der Waals surface area contributed by atoms with Crippen LogP contribution in [-0.2, 0) is 11.3 Å². The van der Waals surface area contributed by atoms with Crippen LogP contribution in [0.25, 0.3) is 20.2 Å². The van der Waals surface area contributed by atoms with Crippen LogP contribution in [0.15, 0.2) is 42.5 Å². The van der Waals surface area contributed by atoms with Crippen molar-refractivity contribution in [1.29, 1.82) is 0 Å². The maximum absolute atomic E-state index is 9.12. The van der Waals surface area contributed by atoms with E-state index >= 15 is 0 Å². The van der Waals surface area contributed by atoms with Gasteiger partial charge >= 0.3 is 0 Å². The van der Waals surface area contributed by atoms with Crippen LogP contribution in [0.3, 0.4) is 0 Å². The zero-order valence-corrected chi connectivity index (χ0v) is 13.9. The van der Waals surface area contributed by atoms with Crippen LogP contribution in [0, 0.1) is 0 Å². The molecule has 120 valence electrons. The number of hydrogen-bond donors (Lipinski definition) is 1. The van der Waals surface area contributed by atoms with Gasteiger partial charge in [-0.3, -0.25) is 4.90 Å². The van der Waals surface area contributed by atoms with Gasteiger partial charge in [-0.2, -0.15) is 0 Å². The number of fused-ring (bicyclic) bond motifs is 3. The van der Waals surface area contributed by atoms with Crippen molar-refractivity contribution in [2.24, 2.45) is 0 Å². The third-order valence-electron chi connectivity index (χ3n) is 4.55. The van der Waals surface area contributed by atoms with Crippen molar-refractivity contribution in [3.63, 3.8) is 0 Å². The number of aliphatic hydroxyl groups excluding tert-OH is 1. The Bertz CT molecular complexity index is 811. The lowest BCUT2D eigenvalue weighted by Gasteiger charge is -2.32. The first-order chi connectivity index (χ1) is 11.3. The molecule has 1 fully saturated rings. The van der Waals surface area contributed by atoms with Crippen LogP contribution in [0.1, 0.15) is 12.0 Å². The second-order valence-electron chi connectivity index (χ2n) is 6.13. The molecule has 0 spiro atoms. The first kappa shape index (κ1) is 15.1. The second kappa shape index (κ2) is 6.57. The minimum atomic E-state index is 0.162. The van der Waals surface area contributed by atoms with E-state index in [9.17, 15) is 0 Å². The molecule has 1 aliphatic rings. The quantitative estimate of drug-likeness (QED) is 0.794. The molecule has 3 nitrogen and oxygen atoms in total. The molecule has 1 aliphatic heterocycles. The van der Waals surface area contributed by atoms with E-state index in [0.717, 1.165) is 32.7 Å². The third-order valence-corrected chi connectivity index (χ3v) is 5.82. The number of ether oxygens (including phenoxy) is 1. The highest BCUT2D eigenvalue weighted by molar-refractivity contribution is 7.26. The average Bonchev–Trinajstić information content (AvgIpc) is 2.96.